The molecular formula is C20H32HfSi. The quantitative estimate of drug-likeness (QED) is 0.319. The molecule has 0 aromatic heterocycles. The molecule has 0 aliphatic carbocycles. The Kier molecular flexibility index (Phi) is 9.73. The summed E-state index contributed by atoms with van der Waals surface area (Å²) in [6.45, 7) is 22.0. The third-order valence-electron chi connectivity index (χ3n) is 4.36. The van der Waals surface area contributed by atoms with Gasteiger partial charge in [-0.25, -0.2) is 0 Å². The minimum Gasteiger partial charge on any atom is -0.199 e. The van der Waals surface area contributed by atoms with Crippen LogP contribution < -0.4 is 0 Å². The molecule has 0 aliphatic heterocycles. The van der Waals surface area contributed by atoms with Gasteiger partial charge >= 0.3 is 41.6 Å². The number of hydrogen-bond donors (Lipinski definition) is 0. The molecule has 0 atom stereocenters. The second-order valence-electron chi connectivity index (χ2n) is 6.52. The van der Waals surface area contributed by atoms with Crippen molar-refractivity contribution in [3.63, 3.8) is 0 Å². The van der Waals surface area contributed by atoms with Crippen LogP contribution in [0.3, 0.4) is 0 Å². The van der Waals surface area contributed by atoms with Gasteiger partial charge in [-0.2, -0.15) is 56.6 Å². The minimum absolute atomic E-state index is 0.259. The Morgan fingerprint density at radius 3 is 1.00 bits per heavy atom. The van der Waals surface area contributed by atoms with Crippen LogP contribution in [0.1, 0.15) is 44.5 Å². The van der Waals surface area contributed by atoms with Crippen LogP contribution in [-0.2, 0) is 23.0 Å². The molecule has 0 spiro atoms. The van der Waals surface area contributed by atoms with E-state index in [1.807, 2.05) is 0 Å². The van der Waals surface area contributed by atoms with E-state index in [9.17, 15) is 0 Å². The summed E-state index contributed by atoms with van der Waals surface area (Å²) in [6.07, 6.45) is 0. The predicted molar refractivity (Wildman–Crippen MR) is 99.4 cm³/mol. The van der Waals surface area contributed by atoms with Gasteiger partial charge in [0.05, 0.1) is 0 Å². The van der Waals surface area contributed by atoms with E-state index in [2.05, 4.69) is 80.6 Å². The third kappa shape index (κ3) is 6.91. The number of aryl methyl sites for hydroxylation is 4. The van der Waals surface area contributed by atoms with Gasteiger partial charge in [0.1, 0.15) is 0 Å². The summed E-state index contributed by atoms with van der Waals surface area (Å²) >= 11 is 1.45. The van der Waals surface area contributed by atoms with Crippen LogP contribution in [0.15, 0.2) is 12.1 Å². The zero-order valence-electron chi connectivity index (χ0n) is 16.2. The van der Waals surface area contributed by atoms with E-state index < -0.39 is 0 Å². The largest absolute Gasteiger partial charge is 0.199 e. The summed E-state index contributed by atoms with van der Waals surface area (Å²) in [4.78, 5) is 0. The van der Waals surface area contributed by atoms with Gasteiger partial charge in [-0.05, 0) is 0 Å². The number of hydrogen-bond acceptors (Lipinski definition) is 0. The Morgan fingerprint density at radius 1 is 0.727 bits per heavy atom. The molecule has 0 unspecified atom stereocenters. The van der Waals surface area contributed by atoms with Gasteiger partial charge in [0.2, 0.25) is 0 Å². The first-order valence-corrected chi connectivity index (χ1v) is 15.8. The molecule has 2 aromatic rings. The van der Waals surface area contributed by atoms with Gasteiger partial charge in [0.25, 0.3) is 0 Å². The average molecular weight is 479 g/mol. The second-order valence-corrected chi connectivity index (χ2v) is 19.3. The molecule has 22 heavy (non-hydrogen) atoms. The van der Waals surface area contributed by atoms with Crippen molar-refractivity contribution >= 4 is 5.49 Å². The molecule has 2 heteroatoms. The van der Waals surface area contributed by atoms with Crippen molar-refractivity contribution in [2.45, 2.75) is 68.5 Å². The zero-order valence-corrected chi connectivity index (χ0v) is 20.7. The second kappa shape index (κ2) is 9.82. The fourth-order valence-corrected chi connectivity index (χ4v) is 2.27. The van der Waals surface area contributed by atoms with Gasteiger partial charge in [0.15, 0.2) is 0 Å². The van der Waals surface area contributed by atoms with Crippen LogP contribution in [0.5, 0.6) is 0 Å². The fourth-order valence-electron chi connectivity index (χ4n) is 2.27. The van der Waals surface area contributed by atoms with E-state index in [1.165, 1.54) is 67.5 Å². The molecule has 0 radical (unpaired) electrons. The van der Waals surface area contributed by atoms with E-state index in [-0.39, 0.29) is 5.49 Å². The van der Waals surface area contributed by atoms with Crippen LogP contribution in [0, 0.1) is 55.4 Å². The Hall–Kier alpha value is -0.213. The fraction of sp³-hybridized carbons (Fsp3) is 0.500. The maximum atomic E-state index is 2.33. The van der Waals surface area contributed by atoms with Crippen LogP contribution in [0.4, 0.5) is 0 Å². The maximum absolute atomic E-state index is 2.33. The van der Waals surface area contributed by atoms with Crippen LogP contribution >= 0.6 is 0 Å². The predicted octanol–water partition coefficient (Wildman–Crippen LogP) is 6.06. The van der Waals surface area contributed by atoms with Crippen molar-refractivity contribution in [2.75, 3.05) is 0 Å². The van der Waals surface area contributed by atoms with Gasteiger partial charge in [-0.15, -0.1) is 0 Å². The molecule has 2 rings (SSSR count). The molecule has 0 saturated heterocycles. The molecular weight excluding hydrogens is 447 g/mol. The standard InChI is InChI=1S/2C9H13.C2H6Si.Hf/c2*1-6-5-7(2)9(4)8(6)3;1-3-2;/h2*5H,1-4H3;1-2H3;/q2*-1;;+2. The summed E-state index contributed by atoms with van der Waals surface area (Å²) in [5.74, 6) is 0. The van der Waals surface area contributed by atoms with Crippen molar-refractivity contribution in [1.82, 2.24) is 0 Å². The molecule has 0 aliphatic rings. The molecule has 0 bridgehead atoms. The van der Waals surface area contributed by atoms with Crippen molar-refractivity contribution < 1.29 is 23.0 Å². The van der Waals surface area contributed by atoms with Gasteiger partial charge in [-0.1, -0.05) is 55.4 Å². The van der Waals surface area contributed by atoms with Crippen molar-refractivity contribution in [3.05, 3.63) is 56.6 Å². The molecule has 2 aromatic carbocycles. The van der Waals surface area contributed by atoms with Gasteiger partial charge in [0, 0.05) is 0 Å². The minimum atomic E-state index is 0.259. The number of rotatable bonds is 0. The normalized spacial score (nSPS) is 9.64. The van der Waals surface area contributed by atoms with E-state index in [0.717, 1.165) is 0 Å². The van der Waals surface area contributed by atoms with Crippen molar-refractivity contribution in [1.29, 1.82) is 0 Å². The first-order chi connectivity index (χ1) is 9.98. The Bertz CT molecular complexity index is 527. The van der Waals surface area contributed by atoms with E-state index >= 15 is 0 Å². The van der Waals surface area contributed by atoms with Crippen LogP contribution in [-0.4, -0.2) is 5.49 Å². The van der Waals surface area contributed by atoms with Gasteiger partial charge < -0.3 is 0 Å². The molecule has 0 N–H and O–H groups in total. The maximum Gasteiger partial charge on any atom is -0.0630 e. The molecule has 0 amide bonds. The third-order valence-corrected chi connectivity index (χ3v) is 4.36. The van der Waals surface area contributed by atoms with Crippen LogP contribution in [0.25, 0.3) is 0 Å². The summed E-state index contributed by atoms with van der Waals surface area (Å²) in [6, 6.07) is 4.48. The smallest absolute Gasteiger partial charge is 0.0630 e. The Morgan fingerprint density at radius 2 is 0.955 bits per heavy atom. The topological polar surface area (TPSA) is 0 Å². The Balaban J connectivity index is 0.000000326. The molecule has 120 valence electrons. The summed E-state index contributed by atoms with van der Waals surface area (Å²) in [7, 11) is 0. The summed E-state index contributed by atoms with van der Waals surface area (Å²) in [5, 5.41) is 0. The zero-order chi connectivity index (χ0) is 17.6. The van der Waals surface area contributed by atoms with Crippen LogP contribution in [0.2, 0.25) is 13.1 Å². The van der Waals surface area contributed by atoms with Crippen molar-refractivity contribution in [3.8, 4) is 0 Å². The van der Waals surface area contributed by atoms with E-state index in [4.69, 9.17) is 0 Å². The first kappa shape index (κ1) is 21.8. The SMILES string of the molecule is C[Si](C)=[Hf+2].Cc1c[c-](C)c(C)c1C.Cc1c[c-](C)c(C)c1C. The average Bonchev–Trinajstić information content (AvgIpc) is 2.75. The molecule has 0 saturated carbocycles. The monoisotopic (exact) mass is 480 g/mol. The van der Waals surface area contributed by atoms with Gasteiger partial charge in [-0.3, -0.25) is 0 Å². The van der Waals surface area contributed by atoms with Crippen molar-refractivity contribution in [2.24, 2.45) is 0 Å². The van der Waals surface area contributed by atoms with E-state index in [1.54, 1.807) is 0 Å². The Labute approximate surface area is 153 Å². The summed E-state index contributed by atoms with van der Waals surface area (Å²) in [5.41, 5.74) is 11.8. The van der Waals surface area contributed by atoms with E-state index in [0.29, 0.717) is 0 Å². The molecule has 0 heterocycles. The first-order valence-electron chi connectivity index (χ1n) is 7.90. The molecule has 0 fully saturated rings. The summed E-state index contributed by atoms with van der Waals surface area (Å²) < 4.78 is 0. The molecule has 0 nitrogen and oxygen atoms in total.